The molecule has 0 aromatic heterocycles. The molecule has 0 spiro atoms. The summed E-state index contributed by atoms with van der Waals surface area (Å²) in [7, 11) is -3.39. The maximum atomic E-state index is 13.5. The highest BCUT2D eigenvalue weighted by Gasteiger charge is 2.51. The quantitative estimate of drug-likeness (QED) is 0.641. The highest BCUT2D eigenvalue weighted by molar-refractivity contribution is 7.92. The molecule has 7 nitrogen and oxygen atoms in total. The Hall–Kier alpha value is -2.49. The monoisotopic (exact) mass is 480 g/mol. The summed E-state index contributed by atoms with van der Waals surface area (Å²) in [6.07, 6.45) is 1.61. The van der Waals surface area contributed by atoms with E-state index in [4.69, 9.17) is 11.6 Å². The maximum absolute atomic E-state index is 13.5. The lowest BCUT2D eigenvalue weighted by molar-refractivity contribution is -0.147. The van der Waals surface area contributed by atoms with Gasteiger partial charge in [0, 0.05) is 36.6 Å². The zero-order valence-corrected chi connectivity index (χ0v) is 18.9. The standard InChI is InChI=1S/C22H22ClFN2O5S/c1-32(30,31)26-8-6-15-12-18(3-4-19(15)26)25-9-7-22(29,21(25)28)20(27)5-2-14-10-16(23)13-17(24)11-14/h3-4,10-13,29H,2,5-9H2,1H3. The van der Waals surface area contributed by atoms with Gasteiger partial charge in [0.25, 0.3) is 5.91 Å². The maximum Gasteiger partial charge on any atom is 0.266 e. The fourth-order valence-corrected chi connectivity index (χ4v) is 5.50. The number of benzene rings is 2. The van der Waals surface area contributed by atoms with Crippen LogP contribution in [0.5, 0.6) is 0 Å². The average molecular weight is 481 g/mol. The van der Waals surface area contributed by atoms with Gasteiger partial charge in [-0.2, -0.15) is 0 Å². The number of amides is 1. The van der Waals surface area contributed by atoms with Gasteiger partial charge >= 0.3 is 0 Å². The molecule has 0 bridgehead atoms. The van der Waals surface area contributed by atoms with Crippen LogP contribution in [0.15, 0.2) is 36.4 Å². The van der Waals surface area contributed by atoms with E-state index in [-0.39, 0.29) is 30.8 Å². The lowest BCUT2D eigenvalue weighted by Crippen LogP contribution is -2.47. The molecule has 1 fully saturated rings. The Morgan fingerprint density at radius 1 is 1.22 bits per heavy atom. The molecule has 2 aromatic carbocycles. The normalized spacial score (nSPS) is 20.7. The Morgan fingerprint density at radius 2 is 1.97 bits per heavy atom. The molecule has 1 saturated heterocycles. The number of fused-ring (bicyclic) bond motifs is 1. The highest BCUT2D eigenvalue weighted by Crippen LogP contribution is 2.36. The third-order valence-electron chi connectivity index (χ3n) is 5.95. The second-order valence-electron chi connectivity index (χ2n) is 8.17. The summed E-state index contributed by atoms with van der Waals surface area (Å²) in [4.78, 5) is 27.1. The summed E-state index contributed by atoms with van der Waals surface area (Å²) in [5.74, 6) is -1.86. The summed E-state index contributed by atoms with van der Waals surface area (Å²) in [6, 6.07) is 8.93. The number of sulfonamides is 1. The number of anilines is 2. The summed E-state index contributed by atoms with van der Waals surface area (Å²) < 4.78 is 38.6. The third-order valence-corrected chi connectivity index (χ3v) is 7.35. The minimum Gasteiger partial charge on any atom is -0.373 e. The van der Waals surface area contributed by atoms with Gasteiger partial charge in [0.05, 0.1) is 11.9 Å². The van der Waals surface area contributed by atoms with E-state index >= 15 is 0 Å². The van der Waals surface area contributed by atoms with E-state index in [2.05, 4.69) is 0 Å². The van der Waals surface area contributed by atoms with Crippen LogP contribution < -0.4 is 9.21 Å². The first-order valence-corrected chi connectivity index (χ1v) is 12.3. The van der Waals surface area contributed by atoms with Gasteiger partial charge in [0.1, 0.15) is 5.82 Å². The molecular weight excluding hydrogens is 459 g/mol. The van der Waals surface area contributed by atoms with Gasteiger partial charge in [-0.15, -0.1) is 0 Å². The van der Waals surface area contributed by atoms with Crippen LogP contribution in [0, 0.1) is 5.82 Å². The second-order valence-corrected chi connectivity index (χ2v) is 10.5. The SMILES string of the molecule is CS(=O)(=O)N1CCc2cc(N3CCC(O)(C(=O)CCc4cc(F)cc(Cl)c4)C3=O)ccc21. The van der Waals surface area contributed by atoms with Gasteiger partial charge in [0.15, 0.2) is 5.78 Å². The zero-order chi connectivity index (χ0) is 23.3. The number of carbonyl (C=O) groups is 2. The van der Waals surface area contributed by atoms with Crippen LogP contribution in [0.1, 0.15) is 24.0 Å². The second kappa shape index (κ2) is 8.13. The van der Waals surface area contributed by atoms with Gasteiger partial charge in [-0.3, -0.25) is 13.9 Å². The number of Topliss-reactive ketones (excluding diaryl/α,β-unsaturated/α-hetero) is 1. The van der Waals surface area contributed by atoms with Crippen LogP contribution in [0.25, 0.3) is 0 Å². The van der Waals surface area contributed by atoms with Crippen molar-refractivity contribution >= 4 is 44.7 Å². The van der Waals surface area contributed by atoms with E-state index in [9.17, 15) is 27.5 Å². The Bertz CT molecular complexity index is 1200. The van der Waals surface area contributed by atoms with E-state index in [1.54, 1.807) is 18.2 Å². The van der Waals surface area contributed by atoms with Crippen molar-refractivity contribution in [1.29, 1.82) is 0 Å². The molecule has 10 heteroatoms. The van der Waals surface area contributed by atoms with Crippen LogP contribution in [-0.4, -0.2) is 50.2 Å². The van der Waals surface area contributed by atoms with E-state index in [1.807, 2.05) is 0 Å². The summed E-state index contributed by atoms with van der Waals surface area (Å²) in [5, 5.41) is 11.1. The summed E-state index contributed by atoms with van der Waals surface area (Å²) in [6.45, 7) is 0.486. The lowest BCUT2D eigenvalue weighted by atomic mass is 9.92. The van der Waals surface area contributed by atoms with Gasteiger partial charge in [-0.25, -0.2) is 12.8 Å². The molecule has 32 heavy (non-hydrogen) atoms. The molecule has 170 valence electrons. The van der Waals surface area contributed by atoms with Gasteiger partial charge in [-0.1, -0.05) is 11.6 Å². The number of aryl methyl sites for hydroxylation is 1. The number of hydrogen-bond donors (Lipinski definition) is 1. The van der Waals surface area contributed by atoms with Crippen LogP contribution in [-0.2, 0) is 32.5 Å². The first kappa shape index (κ1) is 22.7. The Kier molecular flexibility index (Phi) is 5.77. The minimum absolute atomic E-state index is 0.0544. The molecule has 2 aliphatic heterocycles. The number of halogens is 2. The number of hydrogen-bond acceptors (Lipinski definition) is 5. The first-order valence-electron chi connectivity index (χ1n) is 10.1. The van der Waals surface area contributed by atoms with Gasteiger partial charge in [0.2, 0.25) is 15.6 Å². The fourth-order valence-electron chi connectivity index (χ4n) is 4.30. The third kappa shape index (κ3) is 4.12. The fraction of sp³-hybridized carbons (Fsp3) is 0.364. The van der Waals surface area contributed by atoms with E-state index in [0.29, 0.717) is 29.9 Å². The Labute approximate surface area is 190 Å². The lowest BCUT2D eigenvalue weighted by Gasteiger charge is -2.22. The molecule has 0 saturated carbocycles. The molecule has 1 amide bonds. The van der Waals surface area contributed by atoms with Crippen molar-refractivity contribution < 1.29 is 27.5 Å². The Balaban J connectivity index is 1.49. The number of aliphatic hydroxyl groups is 1. The molecule has 1 atom stereocenters. The smallest absolute Gasteiger partial charge is 0.266 e. The van der Waals surface area contributed by atoms with Crippen LogP contribution in [0.2, 0.25) is 5.02 Å². The molecule has 2 heterocycles. The first-order chi connectivity index (χ1) is 15.0. The van der Waals surface area contributed by atoms with Crippen LogP contribution >= 0.6 is 11.6 Å². The van der Waals surface area contributed by atoms with Crippen molar-refractivity contribution in [3.63, 3.8) is 0 Å². The van der Waals surface area contributed by atoms with E-state index in [0.717, 1.165) is 17.9 Å². The van der Waals surface area contributed by atoms with Crippen LogP contribution in [0.4, 0.5) is 15.8 Å². The summed E-state index contributed by atoms with van der Waals surface area (Å²) in [5.41, 5.74) is 0.219. The zero-order valence-electron chi connectivity index (χ0n) is 17.3. The topological polar surface area (TPSA) is 95.0 Å². The minimum atomic E-state index is -3.39. The number of rotatable bonds is 6. The van der Waals surface area contributed by atoms with Crippen molar-refractivity contribution in [2.24, 2.45) is 0 Å². The average Bonchev–Trinajstić information content (AvgIpc) is 3.27. The van der Waals surface area contributed by atoms with E-state index < -0.39 is 33.1 Å². The van der Waals surface area contributed by atoms with Crippen molar-refractivity contribution in [3.8, 4) is 0 Å². The predicted octanol–water partition coefficient (Wildman–Crippen LogP) is 2.47. The molecular formula is C22H22ClFN2O5S. The molecule has 1 N–H and O–H groups in total. The summed E-state index contributed by atoms with van der Waals surface area (Å²) >= 11 is 5.83. The Morgan fingerprint density at radius 3 is 2.66 bits per heavy atom. The number of ketones is 1. The largest absolute Gasteiger partial charge is 0.373 e. The molecule has 0 radical (unpaired) electrons. The van der Waals surface area contributed by atoms with Crippen molar-refractivity contribution in [1.82, 2.24) is 0 Å². The highest BCUT2D eigenvalue weighted by atomic mass is 35.5. The van der Waals surface area contributed by atoms with Crippen molar-refractivity contribution in [3.05, 3.63) is 58.4 Å². The van der Waals surface area contributed by atoms with E-state index in [1.165, 1.54) is 21.3 Å². The predicted molar refractivity (Wildman–Crippen MR) is 119 cm³/mol. The molecule has 1 unspecified atom stereocenters. The van der Waals surface area contributed by atoms with Crippen molar-refractivity contribution in [2.75, 3.05) is 28.6 Å². The molecule has 0 aliphatic carbocycles. The van der Waals surface area contributed by atoms with Gasteiger partial charge < -0.3 is 10.0 Å². The number of carbonyl (C=O) groups excluding carboxylic acids is 2. The molecule has 2 aliphatic rings. The van der Waals surface area contributed by atoms with Crippen molar-refractivity contribution in [2.45, 2.75) is 31.3 Å². The molecule has 4 rings (SSSR count). The molecule has 2 aromatic rings. The van der Waals surface area contributed by atoms with Gasteiger partial charge in [-0.05, 0) is 60.4 Å². The van der Waals surface area contributed by atoms with Crippen LogP contribution in [0.3, 0.4) is 0 Å². The number of nitrogens with zero attached hydrogens (tertiary/aromatic N) is 2.